The molecular formula is C19H23N3O2S. The van der Waals surface area contributed by atoms with Crippen molar-refractivity contribution in [2.45, 2.75) is 49.8 Å². The highest BCUT2D eigenvalue weighted by Crippen LogP contribution is 2.44. The van der Waals surface area contributed by atoms with Crippen molar-refractivity contribution in [3.05, 3.63) is 53.1 Å². The summed E-state index contributed by atoms with van der Waals surface area (Å²) in [7, 11) is -3.47. The maximum Gasteiger partial charge on any atom is 0.243 e. The van der Waals surface area contributed by atoms with Crippen molar-refractivity contribution in [2.24, 2.45) is 0 Å². The average molecular weight is 357 g/mol. The largest absolute Gasteiger partial charge is 0.243 e. The number of sulfonamides is 1. The average Bonchev–Trinajstić information content (AvgIpc) is 2.92. The Morgan fingerprint density at radius 2 is 2.04 bits per heavy atom. The van der Waals surface area contributed by atoms with Crippen molar-refractivity contribution >= 4 is 10.0 Å². The smallest absolute Gasteiger partial charge is 0.241 e. The number of hydrogen-bond donors (Lipinski definition) is 0. The monoisotopic (exact) mass is 357 g/mol. The molecule has 1 aromatic heterocycles. The third-order valence-electron chi connectivity index (χ3n) is 5.53. The molecule has 2 heterocycles. The van der Waals surface area contributed by atoms with E-state index in [0.717, 1.165) is 42.8 Å². The van der Waals surface area contributed by atoms with E-state index in [-0.39, 0.29) is 5.41 Å². The van der Waals surface area contributed by atoms with Gasteiger partial charge in [-0.3, -0.25) is 0 Å². The van der Waals surface area contributed by atoms with Gasteiger partial charge in [-0.05, 0) is 62.8 Å². The van der Waals surface area contributed by atoms with Gasteiger partial charge >= 0.3 is 0 Å². The molecule has 1 spiro atoms. The highest BCUT2D eigenvalue weighted by molar-refractivity contribution is 7.89. The Bertz CT molecular complexity index is 922. The standard InChI is InChI=1S/C19H23N3O2S/c1-14-5-3-6-17(11-14)25(23,24)22-10-4-8-19(13-22)9-7-16-12-20-15(2)21-18(16)19/h3,5-6,11-12H,4,7-10,13H2,1-2H3. The molecule has 1 saturated heterocycles. The lowest BCUT2D eigenvalue weighted by molar-refractivity contribution is 0.219. The Hall–Kier alpha value is -1.79. The Labute approximate surface area is 149 Å². The molecule has 25 heavy (non-hydrogen) atoms. The summed E-state index contributed by atoms with van der Waals surface area (Å²) in [5.74, 6) is 0.763. The van der Waals surface area contributed by atoms with Gasteiger partial charge in [-0.15, -0.1) is 0 Å². The number of rotatable bonds is 2. The minimum absolute atomic E-state index is 0.155. The molecule has 0 saturated carbocycles. The van der Waals surface area contributed by atoms with Crippen molar-refractivity contribution in [3.8, 4) is 0 Å². The minimum atomic E-state index is -3.47. The van der Waals surface area contributed by atoms with Crippen LogP contribution in [0.25, 0.3) is 0 Å². The fraction of sp³-hybridized carbons (Fsp3) is 0.474. The van der Waals surface area contributed by atoms with Gasteiger partial charge in [0.05, 0.1) is 10.6 Å². The molecule has 0 radical (unpaired) electrons. The summed E-state index contributed by atoms with van der Waals surface area (Å²) in [6, 6.07) is 7.18. The lowest BCUT2D eigenvalue weighted by atomic mass is 9.78. The van der Waals surface area contributed by atoms with E-state index in [1.54, 1.807) is 16.4 Å². The first-order valence-electron chi connectivity index (χ1n) is 8.81. The van der Waals surface area contributed by atoms with E-state index < -0.39 is 10.0 Å². The first-order valence-corrected chi connectivity index (χ1v) is 10.2. The summed E-state index contributed by atoms with van der Waals surface area (Å²) >= 11 is 0. The summed E-state index contributed by atoms with van der Waals surface area (Å²) < 4.78 is 28.0. The second-order valence-electron chi connectivity index (χ2n) is 7.33. The number of aryl methyl sites for hydroxylation is 3. The van der Waals surface area contributed by atoms with Crippen molar-refractivity contribution in [3.63, 3.8) is 0 Å². The number of piperidine rings is 1. The molecule has 2 aliphatic rings. The minimum Gasteiger partial charge on any atom is -0.241 e. The zero-order valence-electron chi connectivity index (χ0n) is 14.7. The van der Waals surface area contributed by atoms with Crippen LogP contribution in [0.4, 0.5) is 0 Å². The van der Waals surface area contributed by atoms with Gasteiger partial charge in [0.15, 0.2) is 0 Å². The predicted molar refractivity (Wildman–Crippen MR) is 95.9 cm³/mol. The van der Waals surface area contributed by atoms with Crippen LogP contribution in [-0.4, -0.2) is 35.8 Å². The molecule has 1 atom stereocenters. The summed E-state index contributed by atoms with van der Waals surface area (Å²) in [4.78, 5) is 9.40. The van der Waals surface area contributed by atoms with E-state index in [9.17, 15) is 8.42 Å². The zero-order chi connectivity index (χ0) is 17.7. The molecule has 0 bridgehead atoms. The van der Waals surface area contributed by atoms with Gasteiger partial charge in [-0.1, -0.05) is 12.1 Å². The summed E-state index contributed by atoms with van der Waals surface area (Å²) in [5.41, 5.74) is 3.06. The Morgan fingerprint density at radius 1 is 1.20 bits per heavy atom. The van der Waals surface area contributed by atoms with Crippen molar-refractivity contribution < 1.29 is 8.42 Å². The van der Waals surface area contributed by atoms with E-state index in [0.29, 0.717) is 18.0 Å². The van der Waals surface area contributed by atoms with Crippen LogP contribution in [0.1, 0.15) is 41.9 Å². The molecule has 0 N–H and O–H groups in total. The third kappa shape index (κ3) is 2.77. The first-order chi connectivity index (χ1) is 11.9. The van der Waals surface area contributed by atoms with Crippen LogP contribution >= 0.6 is 0 Å². The lowest BCUT2D eigenvalue weighted by Crippen LogP contribution is -2.47. The quantitative estimate of drug-likeness (QED) is 0.829. The summed E-state index contributed by atoms with van der Waals surface area (Å²) in [6.07, 6.45) is 5.68. The maximum absolute atomic E-state index is 13.2. The first kappa shape index (κ1) is 16.7. The number of fused-ring (bicyclic) bond motifs is 2. The highest BCUT2D eigenvalue weighted by atomic mass is 32.2. The lowest BCUT2D eigenvalue weighted by Gasteiger charge is -2.39. The Kier molecular flexibility index (Phi) is 3.92. The number of benzene rings is 1. The highest BCUT2D eigenvalue weighted by Gasteiger charge is 2.46. The number of aromatic nitrogens is 2. The molecule has 1 aliphatic carbocycles. The summed E-state index contributed by atoms with van der Waals surface area (Å²) in [5, 5.41) is 0. The molecule has 2 aromatic rings. The molecule has 1 aliphatic heterocycles. The maximum atomic E-state index is 13.2. The van der Waals surface area contributed by atoms with Crippen LogP contribution in [0, 0.1) is 13.8 Å². The molecule has 132 valence electrons. The molecule has 1 aromatic carbocycles. The molecule has 6 heteroatoms. The van der Waals surface area contributed by atoms with Gasteiger partial charge in [0.25, 0.3) is 0 Å². The van der Waals surface area contributed by atoms with Gasteiger partial charge in [-0.25, -0.2) is 18.4 Å². The van der Waals surface area contributed by atoms with Crippen LogP contribution < -0.4 is 0 Å². The van der Waals surface area contributed by atoms with E-state index in [1.165, 1.54) is 5.56 Å². The normalized spacial score (nSPS) is 23.8. The van der Waals surface area contributed by atoms with Gasteiger partial charge in [0.1, 0.15) is 5.82 Å². The SMILES string of the molecule is Cc1cccc(S(=O)(=O)N2CCCC3(CCc4cnc(C)nc43)C2)c1. The van der Waals surface area contributed by atoms with Crippen molar-refractivity contribution in [1.82, 2.24) is 14.3 Å². The molecular weight excluding hydrogens is 334 g/mol. The molecule has 1 fully saturated rings. The third-order valence-corrected chi connectivity index (χ3v) is 7.37. The van der Waals surface area contributed by atoms with Crippen LogP contribution in [0.2, 0.25) is 0 Å². The fourth-order valence-electron chi connectivity index (χ4n) is 4.25. The van der Waals surface area contributed by atoms with Crippen LogP contribution in [0.15, 0.2) is 35.4 Å². The second kappa shape index (κ2) is 5.88. The fourth-order valence-corrected chi connectivity index (χ4v) is 5.92. The second-order valence-corrected chi connectivity index (χ2v) is 9.27. The molecule has 1 unspecified atom stereocenters. The number of hydrogen-bond acceptors (Lipinski definition) is 4. The Morgan fingerprint density at radius 3 is 2.84 bits per heavy atom. The van der Waals surface area contributed by atoms with Crippen molar-refractivity contribution in [1.29, 1.82) is 0 Å². The van der Waals surface area contributed by atoms with Gasteiger partial charge in [0, 0.05) is 24.7 Å². The van der Waals surface area contributed by atoms with Gasteiger partial charge in [0.2, 0.25) is 10.0 Å². The van der Waals surface area contributed by atoms with E-state index >= 15 is 0 Å². The molecule has 5 nitrogen and oxygen atoms in total. The molecule has 4 rings (SSSR count). The zero-order valence-corrected chi connectivity index (χ0v) is 15.5. The van der Waals surface area contributed by atoms with E-state index in [1.807, 2.05) is 32.2 Å². The topological polar surface area (TPSA) is 63.2 Å². The van der Waals surface area contributed by atoms with Crippen LogP contribution in [-0.2, 0) is 21.9 Å². The molecule has 0 amide bonds. The number of nitrogens with zero attached hydrogens (tertiary/aromatic N) is 3. The van der Waals surface area contributed by atoms with Crippen LogP contribution in [0.3, 0.4) is 0 Å². The summed E-state index contributed by atoms with van der Waals surface area (Å²) in [6.45, 7) is 4.92. The van der Waals surface area contributed by atoms with E-state index in [4.69, 9.17) is 4.98 Å². The van der Waals surface area contributed by atoms with Crippen LogP contribution in [0.5, 0.6) is 0 Å². The van der Waals surface area contributed by atoms with Gasteiger partial charge < -0.3 is 0 Å². The Balaban J connectivity index is 1.70. The van der Waals surface area contributed by atoms with Crippen molar-refractivity contribution in [2.75, 3.05) is 13.1 Å². The van der Waals surface area contributed by atoms with E-state index in [2.05, 4.69) is 4.98 Å². The van der Waals surface area contributed by atoms with Gasteiger partial charge in [-0.2, -0.15) is 4.31 Å². The predicted octanol–water partition coefficient (Wildman–Crippen LogP) is 2.76.